The molecule has 32 heavy (non-hydrogen) atoms. The standard InChI is InChI=1S/C25H31FN4O2/c1-15(2)25(5)16(3)23(32)30(24(27)29-25)14-18-11-20(13-21(26)12-18)22(31)28-17(4)19-9-7-6-8-10-19/h6-13,15-17H,14H2,1-5H3,(H2,27,29)(H,28,31). The molecule has 3 N–H and O–H groups in total. The number of hydrogen-bond acceptors (Lipinski definition) is 4. The van der Waals surface area contributed by atoms with E-state index in [4.69, 9.17) is 5.73 Å². The Hall–Kier alpha value is -3.22. The molecule has 3 atom stereocenters. The van der Waals surface area contributed by atoms with E-state index in [-0.39, 0.29) is 41.9 Å². The molecule has 0 saturated carbocycles. The zero-order valence-corrected chi connectivity index (χ0v) is 19.2. The minimum atomic E-state index is -0.599. The van der Waals surface area contributed by atoms with Gasteiger partial charge in [-0.15, -0.1) is 0 Å². The lowest BCUT2D eigenvalue weighted by molar-refractivity contribution is -0.135. The molecule has 0 aromatic heterocycles. The zero-order chi connectivity index (χ0) is 23.6. The molecule has 3 rings (SSSR count). The molecule has 0 spiro atoms. The Labute approximate surface area is 188 Å². The highest BCUT2D eigenvalue weighted by atomic mass is 19.1. The minimum absolute atomic E-state index is 0.0406. The Morgan fingerprint density at radius 3 is 2.50 bits per heavy atom. The lowest BCUT2D eigenvalue weighted by Gasteiger charge is -2.42. The van der Waals surface area contributed by atoms with Gasteiger partial charge in [-0.3, -0.25) is 14.5 Å². The molecule has 0 bridgehead atoms. The van der Waals surface area contributed by atoms with E-state index in [1.54, 1.807) is 6.07 Å². The fourth-order valence-corrected chi connectivity index (χ4v) is 3.95. The Morgan fingerprint density at radius 2 is 1.88 bits per heavy atom. The Balaban J connectivity index is 1.82. The number of amides is 2. The van der Waals surface area contributed by atoms with Crippen LogP contribution in [-0.4, -0.2) is 28.2 Å². The van der Waals surface area contributed by atoms with Crippen LogP contribution in [0.2, 0.25) is 0 Å². The van der Waals surface area contributed by atoms with Gasteiger partial charge in [0.1, 0.15) is 5.82 Å². The second-order valence-electron chi connectivity index (χ2n) is 8.95. The first-order valence-corrected chi connectivity index (χ1v) is 10.8. The van der Waals surface area contributed by atoms with Gasteiger partial charge in [0.05, 0.1) is 24.0 Å². The van der Waals surface area contributed by atoms with Gasteiger partial charge in [0.15, 0.2) is 5.96 Å². The summed E-state index contributed by atoms with van der Waals surface area (Å²) in [6, 6.07) is 13.3. The second-order valence-corrected chi connectivity index (χ2v) is 8.95. The van der Waals surface area contributed by atoms with Gasteiger partial charge in [-0.1, -0.05) is 51.1 Å². The summed E-state index contributed by atoms with van der Waals surface area (Å²) in [7, 11) is 0. The largest absolute Gasteiger partial charge is 0.369 e. The number of rotatable bonds is 6. The molecule has 1 heterocycles. The number of nitrogens with one attached hydrogen (secondary N) is 1. The van der Waals surface area contributed by atoms with Gasteiger partial charge in [0.2, 0.25) is 5.91 Å². The number of carbonyl (C=O) groups excluding carboxylic acids is 2. The fourth-order valence-electron chi connectivity index (χ4n) is 3.95. The second kappa shape index (κ2) is 9.10. The van der Waals surface area contributed by atoms with E-state index in [1.165, 1.54) is 17.0 Å². The highest BCUT2D eigenvalue weighted by molar-refractivity contribution is 6.00. The minimum Gasteiger partial charge on any atom is -0.369 e. The van der Waals surface area contributed by atoms with Crippen molar-refractivity contribution in [2.75, 3.05) is 0 Å². The maximum atomic E-state index is 14.4. The summed E-state index contributed by atoms with van der Waals surface area (Å²) in [6.07, 6.45) is 0. The number of guanidine groups is 1. The van der Waals surface area contributed by atoms with E-state index in [2.05, 4.69) is 10.3 Å². The average molecular weight is 439 g/mol. The van der Waals surface area contributed by atoms with Crippen LogP contribution in [0.4, 0.5) is 4.39 Å². The van der Waals surface area contributed by atoms with Gasteiger partial charge in [-0.25, -0.2) is 9.38 Å². The number of nitrogens with two attached hydrogens (primary N) is 1. The first-order chi connectivity index (χ1) is 15.0. The predicted octanol–water partition coefficient (Wildman–Crippen LogP) is 4.02. The SMILES string of the molecule is CC(NC(=O)c1cc(F)cc(CN2C(=O)C(C)C(C)(C(C)C)N=C2N)c1)c1ccccc1. The molecule has 2 aromatic carbocycles. The number of carbonyl (C=O) groups is 2. The molecule has 0 fully saturated rings. The van der Waals surface area contributed by atoms with Crippen molar-refractivity contribution in [3.8, 4) is 0 Å². The molecule has 1 aliphatic rings. The highest BCUT2D eigenvalue weighted by Gasteiger charge is 2.45. The summed E-state index contributed by atoms with van der Waals surface area (Å²) < 4.78 is 14.4. The van der Waals surface area contributed by atoms with E-state index in [9.17, 15) is 14.0 Å². The smallest absolute Gasteiger partial charge is 0.251 e. The van der Waals surface area contributed by atoms with Gasteiger partial charge in [-0.2, -0.15) is 0 Å². The monoisotopic (exact) mass is 438 g/mol. The van der Waals surface area contributed by atoms with Crippen LogP contribution in [0, 0.1) is 17.7 Å². The van der Waals surface area contributed by atoms with Crippen LogP contribution >= 0.6 is 0 Å². The molecular formula is C25H31FN4O2. The van der Waals surface area contributed by atoms with Crippen LogP contribution < -0.4 is 11.1 Å². The Morgan fingerprint density at radius 1 is 1.22 bits per heavy atom. The number of halogens is 1. The van der Waals surface area contributed by atoms with Crippen molar-refractivity contribution in [2.24, 2.45) is 22.6 Å². The summed E-state index contributed by atoms with van der Waals surface area (Å²) >= 11 is 0. The highest BCUT2D eigenvalue weighted by Crippen LogP contribution is 2.35. The Bertz CT molecular complexity index is 1040. The van der Waals surface area contributed by atoms with Crippen molar-refractivity contribution in [3.63, 3.8) is 0 Å². The number of benzene rings is 2. The van der Waals surface area contributed by atoms with Crippen molar-refractivity contribution >= 4 is 17.8 Å². The average Bonchev–Trinajstić information content (AvgIpc) is 2.75. The van der Waals surface area contributed by atoms with Crippen LogP contribution in [0.15, 0.2) is 53.5 Å². The van der Waals surface area contributed by atoms with Crippen LogP contribution in [0.25, 0.3) is 0 Å². The first kappa shape index (κ1) is 23.4. The summed E-state index contributed by atoms with van der Waals surface area (Å²) in [4.78, 5) is 31.8. The topological polar surface area (TPSA) is 87.8 Å². The van der Waals surface area contributed by atoms with Crippen molar-refractivity contribution in [3.05, 3.63) is 71.0 Å². The van der Waals surface area contributed by atoms with Crippen molar-refractivity contribution < 1.29 is 14.0 Å². The lowest BCUT2D eigenvalue weighted by Crippen LogP contribution is -2.56. The summed E-state index contributed by atoms with van der Waals surface area (Å²) in [5.74, 6) is -1.26. The van der Waals surface area contributed by atoms with Gasteiger partial charge in [0, 0.05) is 5.56 Å². The van der Waals surface area contributed by atoms with E-state index >= 15 is 0 Å². The van der Waals surface area contributed by atoms with E-state index in [1.807, 2.05) is 65.0 Å². The molecule has 0 saturated heterocycles. The van der Waals surface area contributed by atoms with Gasteiger partial charge >= 0.3 is 0 Å². The molecule has 0 radical (unpaired) electrons. The molecule has 3 unspecified atom stereocenters. The third-order valence-corrected chi connectivity index (χ3v) is 6.52. The first-order valence-electron chi connectivity index (χ1n) is 10.8. The van der Waals surface area contributed by atoms with Gasteiger partial charge in [-0.05, 0) is 49.1 Å². The van der Waals surface area contributed by atoms with Crippen molar-refractivity contribution in [2.45, 2.75) is 52.7 Å². The molecule has 170 valence electrons. The molecule has 1 aliphatic heterocycles. The van der Waals surface area contributed by atoms with Crippen molar-refractivity contribution in [1.29, 1.82) is 0 Å². The molecule has 0 aliphatic carbocycles. The molecule has 2 aromatic rings. The summed E-state index contributed by atoms with van der Waals surface area (Å²) in [5, 5.41) is 2.88. The van der Waals surface area contributed by atoms with E-state index in [0.717, 1.165) is 5.56 Å². The normalized spacial score (nSPS) is 22.0. The zero-order valence-electron chi connectivity index (χ0n) is 19.2. The summed E-state index contributed by atoms with van der Waals surface area (Å²) in [6.45, 7) is 9.67. The number of nitrogens with zero attached hydrogens (tertiary/aromatic N) is 2. The lowest BCUT2D eigenvalue weighted by atomic mass is 9.76. The van der Waals surface area contributed by atoms with Gasteiger partial charge in [0.25, 0.3) is 5.91 Å². The van der Waals surface area contributed by atoms with Crippen LogP contribution in [-0.2, 0) is 11.3 Å². The quantitative estimate of drug-likeness (QED) is 0.714. The molecule has 6 nitrogen and oxygen atoms in total. The molecule has 7 heteroatoms. The van der Waals surface area contributed by atoms with Gasteiger partial charge < -0.3 is 11.1 Å². The van der Waals surface area contributed by atoms with Crippen LogP contribution in [0.5, 0.6) is 0 Å². The third-order valence-electron chi connectivity index (χ3n) is 6.52. The van der Waals surface area contributed by atoms with Crippen molar-refractivity contribution in [1.82, 2.24) is 10.2 Å². The number of aliphatic imine (C=N–C) groups is 1. The molecular weight excluding hydrogens is 407 g/mol. The van der Waals surface area contributed by atoms with Crippen LogP contribution in [0.3, 0.4) is 0 Å². The van der Waals surface area contributed by atoms with E-state index < -0.39 is 17.3 Å². The summed E-state index contributed by atoms with van der Waals surface area (Å²) in [5.41, 5.74) is 7.14. The maximum absolute atomic E-state index is 14.4. The predicted molar refractivity (Wildman–Crippen MR) is 123 cm³/mol. The number of hydrogen-bond donors (Lipinski definition) is 2. The fraction of sp³-hybridized carbons (Fsp3) is 0.400. The van der Waals surface area contributed by atoms with Crippen LogP contribution in [0.1, 0.15) is 62.1 Å². The molecule has 2 amide bonds. The Kier molecular flexibility index (Phi) is 6.67. The maximum Gasteiger partial charge on any atom is 0.251 e. The third kappa shape index (κ3) is 4.66. The van der Waals surface area contributed by atoms with E-state index in [0.29, 0.717) is 5.56 Å².